The Morgan fingerprint density at radius 1 is 1.15 bits per heavy atom. The first-order chi connectivity index (χ1) is 12.7. The van der Waals surface area contributed by atoms with Gasteiger partial charge >= 0.3 is 0 Å². The molecule has 0 spiro atoms. The summed E-state index contributed by atoms with van der Waals surface area (Å²) in [6, 6.07) is 7.21. The van der Waals surface area contributed by atoms with Crippen LogP contribution in [0.4, 0.5) is 0 Å². The Balaban J connectivity index is 2.00. The van der Waals surface area contributed by atoms with Crippen molar-refractivity contribution in [1.29, 1.82) is 0 Å². The number of sulfonamides is 2. The van der Waals surface area contributed by atoms with Crippen molar-refractivity contribution in [1.82, 2.24) is 9.44 Å². The molecule has 0 radical (unpaired) electrons. The molecule has 1 aliphatic rings. The van der Waals surface area contributed by atoms with Crippen LogP contribution in [0.25, 0.3) is 5.57 Å². The van der Waals surface area contributed by atoms with Crippen LogP contribution in [-0.2, 0) is 20.0 Å². The molecule has 9 heteroatoms. The van der Waals surface area contributed by atoms with E-state index in [0.29, 0.717) is 12.2 Å². The van der Waals surface area contributed by atoms with E-state index in [-0.39, 0.29) is 24.9 Å². The Morgan fingerprint density at radius 2 is 1.85 bits per heavy atom. The van der Waals surface area contributed by atoms with E-state index in [0.717, 1.165) is 36.7 Å². The largest absolute Gasteiger partial charge is 0.492 e. The Morgan fingerprint density at radius 3 is 2.48 bits per heavy atom. The third-order valence-electron chi connectivity index (χ3n) is 4.15. The molecule has 1 unspecified atom stereocenters. The molecule has 2 rings (SSSR count). The van der Waals surface area contributed by atoms with Crippen molar-refractivity contribution in [2.45, 2.75) is 38.6 Å². The molecule has 0 aromatic heterocycles. The molecule has 2 N–H and O–H groups in total. The van der Waals surface area contributed by atoms with Gasteiger partial charge in [0.1, 0.15) is 12.4 Å². The van der Waals surface area contributed by atoms with Crippen molar-refractivity contribution in [2.24, 2.45) is 0 Å². The summed E-state index contributed by atoms with van der Waals surface area (Å²) in [6.07, 6.45) is 6.44. The van der Waals surface area contributed by atoms with Crippen LogP contribution >= 0.6 is 0 Å². The lowest BCUT2D eigenvalue weighted by molar-refractivity contribution is 0.323. The van der Waals surface area contributed by atoms with E-state index in [1.807, 2.05) is 31.2 Å². The minimum absolute atomic E-state index is 0.130. The topological polar surface area (TPSA) is 102 Å². The van der Waals surface area contributed by atoms with Gasteiger partial charge in [0.25, 0.3) is 0 Å². The number of nitrogens with one attached hydrogen (secondary N) is 2. The van der Waals surface area contributed by atoms with E-state index in [4.69, 9.17) is 4.74 Å². The number of hydrogen-bond donors (Lipinski definition) is 2. The summed E-state index contributed by atoms with van der Waals surface area (Å²) in [6.45, 7) is 2.28. The third-order valence-corrected chi connectivity index (χ3v) is 6.47. The van der Waals surface area contributed by atoms with Crippen LogP contribution in [0.1, 0.15) is 38.2 Å². The number of allylic oxidation sites excluding steroid dienone is 1. The molecule has 27 heavy (non-hydrogen) atoms. The first kappa shape index (κ1) is 21.9. The van der Waals surface area contributed by atoms with Gasteiger partial charge in [0.05, 0.1) is 12.0 Å². The van der Waals surface area contributed by atoms with E-state index < -0.39 is 20.0 Å². The Bertz CT molecular complexity index is 846. The third kappa shape index (κ3) is 7.61. The zero-order valence-corrected chi connectivity index (χ0v) is 17.4. The highest BCUT2D eigenvalue weighted by Gasteiger charge is 2.23. The van der Waals surface area contributed by atoms with E-state index in [1.165, 1.54) is 0 Å². The maximum Gasteiger partial charge on any atom is 0.212 e. The summed E-state index contributed by atoms with van der Waals surface area (Å²) in [5.41, 5.74) is 1.95. The molecule has 0 heterocycles. The van der Waals surface area contributed by atoms with Crippen molar-refractivity contribution in [3.63, 3.8) is 0 Å². The zero-order chi connectivity index (χ0) is 19.9. The van der Waals surface area contributed by atoms with Crippen LogP contribution in [0.5, 0.6) is 5.75 Å². The predicted octanol–water partition coefficient (Wildman–Crippen LogP) is 1.88. The second-order valence-corrected chi connectivity index (χ2v) is 10.3. The molecular formula is C18H28N2O5S2. The van der Waals surface area contributed by atoms with Crippen LogP contribution in [0.15, 0.2) is 30.3 Å². The Labute approximate surface area is 162 Å². The maximum absolute atomic E-state index is 12.1. The number of hydrogen-bond acceptors (Lipinski definition) is 5. The van der Waals surface area contributed by atoms with Crippen molar-refractivity contribution in [2.75, 3.05) is 25.2 Å². The standard InChI is InChI=1S/C18H28N2O5S2/c1-3-14-27(23,24)20-18-7-5-4-6-17(18)15-8-10-16(11-9-15)25-13-12-19-26(2,21)22/h6,8-11,18-20H,3-5,7,12-14H2,1-2H3. The van der Waals surface area contributed by atoms with Gasteiger partial charge in [-0.3, -0.25) is 0 Å². The van der Waals surface area contributed by atoms with Crippen molar-refractivity contribution in [3.8, 4) is 5.75 Å². The maximum atomic E-state index is 12.1. The second kappa shape index (κ2) is 9.68. The lowest BCUT2D eigenvalue weighted by Crippen LogP contribution is -2.38. The van der Waals surface area contributed by atoms with Gasteiger partial charge in [0.2, 0.25) is 20.0 Å². The molecular weight excluding hydrogens is 388 g/mol. The fourth-order valence-electron chi connectivity index (χ4n) is 3.00. The molecule has 0 fully saturated rings. The highest BCUT2D eigenvalue weighted by Crippen LogP contribution is 2.29. The van der Waals surface area contributed by atoms with Crippen LogP contribution in [0.2, 0.25) is 0 Å². The fraction of sp³-hybridized carbons (Fsp3) is 0.556. The van der Waals surface area contributed by atoms with E-state index in [2.05, 4.69) is 15.5 Å². The minimum atomic E-state index is -3.28. The predicted molar refractivity (Wildman–Crippen MR) is 108 cm³/mol. The summed E-state index contributed by atoms with van der Waals surface area (Å²) in [7, 11) is -6.50. The summed E-state index contributed by atoms with van der Waals surface area (Å²) >= 11 is 0. The molecule has 0 amide bonds. The lowest BCUT2D eigenvalue weighted by Gasteiger charge is -2.25. The Hall–Kier alpha value is -1.42. The average Bonchev–Trinajstić information content (AvgIpc) is 2.59. The number of rotatable bonds is 10. The monoisotopic (exact) mass is 416 g/mol. The van der Waals surface area contributed by atoms with Crippen LogP contribution < -0.4 is 14.2 Å². The molecule has 1 aromatic rings. The van der Waals surface area contributed by atoms with E-state index in [1.54, 1.807) is 0 Å². The second-order valence-electron chi connectivity index (χ2n) is 6.62. The van der Waals surface area contributed by atoms with E-state index in [9.17, 15) is 16.8 Å². The first-order valence-electron chi connectivity index (χ1n) is 9.08. The molecule has 1 aromatic carbocycles. The normalized spacial score (nSPS) is 18.1. The van der Waals surface area contributed by atoms with Crippen LogP contribution in [0, 0.1) is 0 Å². The van der Waals surface area contributed by atoms with Crippen molar-refractivity contribution >= 4 is 25.6 Å². The van der Waals surface area contributed by atoms with Crippen molar-refractivity contribution in [3.05, 3.63) is 35.9 Å². The average molecular weight is 417 g/mol. The minimum Gasteiger partial charge on any atom is -0.492 e. The van der Waals surface area contributed by atoms with Gasteiger partial charge in [-0.15, -0.1) is 0 Å². The van der Waals surface area contributed by atoms with Gasteiger partial charge < -0.3 is 4.74 Å². The molecule has 1 aliphatic carbocycles. The highest BCUT2D eigenvalue weighted by atomic mass is 32.2. The molecule has 0 saturated heterocycles. The summed E-state index contributed by atoms with van der Waals surface area (Å²) < 4.78 is 57.0. The SMILES string of the molecule is CCCS(=O)(=O)NC1CCCC=C1c1ccc(OCCNS(C)(=O)=O)cc1. The summed E-state index contributed by atoms with van der Waals surface area (Å²) in [4.78, 5) is 0. The summed E-state index contributed by atoms with van der Waals surface area (Å²) in [5.74, 6) is 0.763. The first-order valence-corrected chi connectivity index (χ1v) is 12.6. The smallest absolute Gasteiger partial charge is 0.212 e. The van der Waals surface area contributed by atoms with Crippen LogP contribution in [0.3, 0.4) is 0 Å². The van der Waals surface area contributed by atoms with E-state index >= 15 is 0 Å². The number of ether oxygens (including phenoxy) is 1. The zero-order valence-electron chi connectivity index (χ0n) is 15.8. The quantitative estimate of drug-likeness (QED) is 0.567. The van der Waals surface area contributed by atoms with Gasteiger partial charge in [-0.25, -0.2) is 26.3 Å². The molecule has 152 valence electrons. The molecule has 0 bridgehead atoms. The number of benzene rings is 1. The van der Waals surface area contributed by atoms with Gasteiger partial charge in [-0.2, -0.15) is 0 Å². The van der Waals surface area contributed by atoms with Gasteiger partial charge in [0.15, 0.2) is 0 Å². The van der Waals surface area contributed by atoms with Gasteiger partial charge in [-0.1, -0.05) is 25.1 Å². The van der Waals surface area contributed by atoms with Crippen molar-refractivity contribution < 1.29 is 21.6 Å². The molecule has 7 nitrogen and oxygen atoms in total. The summed E-state index contributed by atoms with van der Waals surface area (Å²) in [5, 5.41) is 0. The highest BCUT2D eigenvalue weighted by molar-refractivity contribution is 7.89. The molecule has 0 aliphatic heterocycles. The Kier molecular flexibility index (Phi) is 7.84. The van der Waals surface area contributed by atoms with Crippen LogP contribution in [-0.4, -0.2) is 48.0 Å². The van der Waals surface area contributed by atoms with Gasteiger partial charge in [-0.05, 0) is 49.0 Å². The molecule has 0 saturated carbocycles. The van der Waals surface area contributed by atoms with Gasteiger partial charge in [0, 0.05) is 12.6 Å². The fourth-order valence-corrected chi connectivity index (χ4v) is 4.79. The lowest BCUT2D eigenvalue weighted by atomic mass is 9.90. The molecule has 1 atom stereocenters.